The average molecular weight is 321 g/mol. The molecule has 8 heteroatoms. The summed E-state index contributed by atoms with van der Waals surface area (Å²) in [5.41, 5.74) is 0. The molecular formula is C15H23N5O3. The third kappa shape index (κ3) is 3.21. The number of hydrogen-bond acceptors (Lipinski definition) is 6. The largest absolute Gasteiger partial charge is 0.339 e. The van der Waals surface area contributed by atoms with E-state index in [9.17, 15) is 9.59 Å². The molecule has 23 heavy (non-hydrogen) atoms. The minimum absolute atomic E-state index is 0.229. The lowest BCUT2D eigenvalue weighted by molar-refractivity contribution is -0.127. The second kappa shape index (κ2) is 6.27. The van der Waals surface area contributed by atoms with E-state index < -0.39 is 6.04 Å². The van der Waals surface area contributed by atoms with Crippen molar-refractivity contribution in [2.45, 2.75) is 31.7 Å². The normalized spacial score (nSPS) is 24.0. The van der Waals surface area contributed by atoms with Gasteiger partial charge in [-0.15, -0.1) is 0 Å². The fourth-order valence-corrected chi connectivity index (χ4v) is 3.22. The van der Waals surface area contributed by atoms with Crippen LogP contribution >= 0.6 is 0 Å². The van der Waals surface area contributed by atoms with Gasteiger partial charge in [0.2, 0.25) is 5.89 Å². The summed E-state index contributed by atoms with van der Waals surface area (Å²) in [4.78, 5) is 33.1. The van der Waals surface area contributed by atoms with Crippen LogP contribution in [0.1, 0.15) is 24.6 Å². The average Bonchev–Trinajstić information content (AvgIpc) is 3.05. The molecule has 3 amide bonds. The van der Waals surface area contributed by atoms with E-state index in [0.29, 0.717) is 17.6 Å². The van der Waals surface area contributed by atoms with Gasteiger partial charge in [-0.2, -0.15) is 4.98 Å². The Morgan fingerprint density at radius 3 is 2.43 bits per heavy atom. The number of amides is 3. The number of likely N-dealkylation sites (tertiary alicyclic amines) is 1. The number of urea groups is 1. The lowest BCUT2D eigenvalue weighted by atomic mass is 9.94. The van der Waals surface area contributed by atoms with Gasteiger partial charge in [0.05, 0.1) is 6.42 Å². The van der Waals surface area contributed by atoms with E-state index in [0.717, 1.165) is 37.3 Å². The first-order valence-electron chi connectivity index (χ1n) is 8.00. The van der Waals surface area contributed by atoms with Crippen molar-refractivity contribution in [3.05, 3.63) is 11.7 Å². The number of rotatable bonds is 4. The van der Waals surface area contributed by atoms with E-state index in [2.05, 4.69) is 22.1 Å². The van der Waals surface area contributed by atoms with Crippen LogP contribution in [0.4, 0.5) is 4.79 Å². The summed E-state index contributed by atoms with van der Waals surface area (Å²) in [6.07, 6.45) is 3.36. The molecule has 2 saturated heterocycles. The Morgan fingerprint density at radius 2 is 1.83 bits per heavy atom. The van der Waals surface area contributed by atoms with Crippen molar-refractivity contribution in [3.63, 3.8) is 0 Å². The quantitative estimate of drug-likeness (QED) is 0.746. The lowest BCUT2D eigenvalue weighted by Gasteiger charge is -2.28. The van der Waals surface area contributed by atoms with E-state index >= 15 is 0 Å². The molecule has 1 atom stereocenters. The molecule has 2 fully saturated rings. The molecule has 0 aromatic carbocycles. The van der Waals surface area contributed by atoms with Gasteiger partial charge >= 0.3 is 6.03 Å². The number of carbonyl (C=O) groups excluding carboxylic acids is 2. The number of aromatic nitrogens is 2. The van der Waals surface area contributed by atoms with Crippen LogP contribution in [0.15, 0.2) is 4.52 Å². The van der Waals surface area contributed by atoms with Crippen molar-refractivity contribution in [1.82, 2.24) is 24.8 Å². The minimum atomic E-state index is -0.552. The molecular weight excluding hydrogens is 298 g/mol. The Labute approximate surface area is 135 Å². The fraction of sp³-hybridized carbons (Fsp3) is 0.733. The van der Waals surface area contributed by atoms with Crippen LogP contribution < -0.4 is 0 Å². The maximum atomic E-state index is 12.1. The van der Waals surface area contributed by atoms with Gasteiger partial charge in [-0.05, 0) is 38.9 Å². The molecule has 0 bridgehead atoms. The van der Waals surface area contributed by atoms with Crippen LogP contribution in [0.25, 0.3) is 0 Å². The third-order valence-corrected chi connectivity index (χ3v) is 4.86. The summed E-state index contributed by atoms with van der Waals surface area (Å²) in [7, 11) is 5.24. The molecule has 126 valence electrons. The molecule has 0 aliphatic carbocycles. The number of likely N-dealkylation sites (N-methyl/N-ethyl adjacent to an activating group) is 2. The SMILES string of the molecule is CN1CCC(Cc2noc(C[C@@H]3C(=O)N(C)C(=O)N3C)n2)CC1. The van der Waals surface area contributed by atoms with Gasteiger partial charge in [0.15, 0.2) is 5.82 Å². The van der Waals surface area contributed by atoms with Crippen molar-refractivity contribution in [2.75, 3.05) is 34.2 Å². The molecule has 0 spiro atoms. The van der Waals surface area contributed by atoms with Crippen LogP contribution in [0.2, 0.25) is 0 Å². The second-order valence-corrected chi connectivity index (χ2v) is 6.57. The van der Waals surface area contributed by atoms with Gasteiger partial charge in [-0.25, -0.2) is 4.79 Å². The monoisotopic (exact) mass is 321 g/mol. The molecule has 0 saturated carbocycles. The highest BCUT2D eigenvalue weighted by Crippen LogP contribution is 2.21. The second-order valence-electron chi connectivity index (χ2n) is 6.57. The maximum absolute atomic E-state index is 12.1. The van der Waals surface area contributed by atoms with Crippen LogP contribution in [0, 0.1) is 5.92 Å². The molecule has 8 nitrogen and oxygen atoms in total. The maximum Gasteiger partial charge on any atom is 0.326 e. The predicted octanol–water partition coefficient (Wildman–Crippen LogP) is 0.389. The van der Waals surface area contributed by atoms with Gasteiger partial charge in [-0.1, -0.05) is 5.16 Å². The smallest absolute Gasteiger partial charge is 0.326 e. The van der Waals surface area contributed by atoms with Gasteiger partial charge in [0, 0.05) is 20.5 Å². The van der Waals surface area contributed by atoms with Crippen LogP contribution in [-0.2, 0) is 17.6 Å². The topological polar surface area (TPSA) is 82.8 Å². The molecule has 0 unspecified atom stereocenters. The summed E-state index contributed by atoms with van der Waals surface area (Å²) < 4.78 is 5.28. The van der Waals surface area contributed by atoms with Gasteiger partial charge in [0.25, 0.3) is 5.91 Å². The van der Waals surface area contributed by atoms with Gasteiger partial charge in [-0.3, -0.25) is 9.69 Å². The van der Waals surface area contributed by atoms with E-state index in [-0.39, 0.29) is 18.4 Å². The highest BCUT2D eigenvalue weighted by Gasteiger charge is 2.41. The summed E-state index contributed by atoms with van der Waals surface area (Å²) in [5.74, 6) is 1.47. The van der Waals surface area contributed by atoms with Crippen molar-refractivity contribution < 1.29 is 14.1 Å². The Kier molecular flexibility index (Phi) is 4.34. The van der Waals surface area contributed by atoms with E-state index in [1.807, 2.05) is 0 Å². The van der Waals surface area contributed by atoms with Crippen molar-refractivity contribution >= 4 is 11.9 Å². The Hall–Kier alpha value is -1.96. The molecule has 0 radical (unpaired) electrons. The van der Waals surface area contributed by atoms with Crippen LogP contribution in [0.5, 0.6) is 0 Å². The first-order chi connectivity index (χ1) is 11.0. The number of carbonyl (C=O) groups is 2. The fourth-order valence-electron chi connectivity index (χ4n) is 3.22. The van der Waals surface area contributed by atoms with Crippen molar-refractivity contribution in [3.8, 4) is 0 Å². The summed E-state index contributed by atoms with van der Waals surface area (Å²) >= 11 is 0. The number of nitrogens with zero attached hydrogens (tertiary/aromatic N) is 5. The zero-order chi connectivity index (χ0) is 16.6. The first kappa shape index (κ1) is 15.9. The van der Waals surface area contributed by atoms with Crippen molar-refractivity contribution in [1.29, 1.82) is 0 Å². The zero-order valence-electron chi connectivity index (χ0n) is 13.9. The summed E-state index contributed by atoms with van der Waals surface area (Å²) in [6.45, 7) is 2.20. The van der Waals surface area contributed by atoms with Gasteiger partial charge < -0.3 is 14.3 Å². The summed E-state index contributed by atoms with van der Waals surface area (Å²) in [6, 6.07) is -0.852. The van der Waals surface area contributed by atoms with Gasteiger partial charge in [0.1, 0.15) is 6.04 Å². The molecule has 3 rings (SSSR count). The van der Waals surface area contributed by atoms with E-state index in [1.165, 1.54) is 11.9 Å². The molecule has 2 aliphatic rings. The van der Waals surface area contributed by atoms with Crippen LogP contribution in [-0.4, -0.2) is 77.1 Å². The molecule has 2 aliphatic heterocycles. The lowest BCUT2D eigenvalue weighted by Crippen LogP contribution is -2.33. The molecule has 3 heterocycles. The number of piperidine rings is 1. The highest BCUT2D eigenvalue weighted by atomic mass is 16.5. The summed E-state index contributed by atoms with van der Waals surface area (Å²) in [5, 5.41) is 4.03. The highest BCUT2D eigenvalue weighted by molar-refractivity contribution is 6.03. The Balaban J connectivity index is 1.59. The Morgan fingerprint density at radius 1 is 1.13 bits per heavy atom. The van der Waals surface area contributed by atoms with E-state index in [1.54, 1.807) is 7.05 Å². The van der Waals surface area contributed by atoms with E-state index in [4.69, 9.17) is 4.52 Å². The van der Waals surface area contributed by atoms with Crippen molar-refractivity contribution in [2.24, 2.45) is 5.92 Å². The van der Waals surface area contributed by atoms with Crippen LogP contribution in [0.3, 0.4) is 0 Å². The number of imide groups is 1. The Bertz CT molecular complexity index is 594. The first-order valence-corrected chi connectivity index (χ1v) is 8.00. The third-order valence-electron chi connectivity index (χ3n) is 4.86. The zero-order valence-corrected chi connectivity index (χ0v) is 13.9. The molecule has 0 N–H and O–H groups in total. The predicted molar refractivity (Wildman–Crippen MR) is 81.6 cm³/mol. The molecule has 1 aromatic rings. The minimum Gasteiger partial charge on any atom is -0.339 e. The standard InChI is InChI=1S/C15H23N5O3/c1-18-6-4-10(5-7-18)8-12-16-13(23-17-12)9-11-14(21)20(3)15(22)19(11)2/h10-11H,4-9H2,1-3H3/t11-/m1/s1. The number of hydrogen-bond donors (Lipinski definition) is 0. The molecule has 1 aromatic heterocycles.